The Kier molecular flexibility index (Phi) is 4.94. The Labute approximate surface area is 162 Å². The number of halogens is 3. The van der Waals surface area contributed by atoms with Gasteiger partial charge in [-0.3, -0.25) is 4.79 Å². The molecule has 0 unspecified atom stereocenters. The van der Waals surface area contributed by atoms with E-state index in [1.165, 1.54) is 18.4 Å². The number of hydrogen-bond donors (Lipinski definition) is 1. The van der Waals surface area contributed by atoms with E-state index in [1.807, 2.05) is 17.0 Å². The lowest BCUT2D eigenvalue weighted by Gasteiger charge is -2.40. The Morgan fingerprint density at radius 1 is 1.07 bits per heavy atom. The minimum absolute atomic E-state index is 0.0740. The Morgan fingerprint density at radius 2 is 1.71 bits per heavy atom. The van der Waals surface area contributed by atoms with Crippen LogP contribution in [-0.4, -0.2) is 42.5 Å². The number of benzene rings is 1. The van der Waals surface area contributed by atoms with E-state index in [4.69, 9.17) is 0 Å². The molecule has 1 amide bonds. The molecule has 0 radical (unpaired) electrons. The predicted molar refractivity (Wildman–Crippen MR) is 98.1 cm³/mol. The fourth-order valence-corrected chi connectivity index (χ4v) is 4.57. The van der Waals surface area contributed by atoms with Crippen LogP contribution in [0, 0.1) is 5.41 Å². The molecule has 4 nitrogen and oxygen atoms in total. The normalized spacial score (nSPS) is 31.0. The first-order valence-electron chi connectivity index (χ1n) is 9.99. The second-order valence-corrected chi connectivity index (χ2v) is 8.69. The standard InChI is InChI=1S/C21H26F3NO3/c22-21(23,24)14-28-13-20(27)9-7-19(8-10-20)11-12-25(18(19)26)17-5-3-16(4-6-17)15-1-2-15/h3-6,15,27H,1-2,7-14H2/t19-,20+. The topological polar surface area (TPSA) is 49.8 Å². The number of carbonyl (C=O) groups excluding carboxylic acids is 1. The third-order valence-corrected chi connectivity index (χ3v) is 6.54. The van der Waals surface area contributed by atoms with E-state index in [0.29, 0.717) is 25.3 Å². The molecule has 1 heterocycles. The zero-order valence-electron chi connectivity index (χ0n) is 15.8. The van der Waals surface area contributed by atoms with Gasteiger partial charge in [0.2, 0.25) is 5.91 Å². The number of nitrogens with zero attached hydrogens (tertiary/aromatic N) is 1. The van der Waals surface area contributed by atoms with Crippen molar-refractivity contribution >= 4 is 11.6 Å². The van der Waals surface area contributed by atoms with Gasteiger partial charge >= 0.3 is 6.18 Å². The van der Waals surface area contributed by atoms with Gasteiger partial charge in [0, 0.05) is 12.2 Å². The number of ether oxygens (including phenoxy) is 1. The Morgan fingerprint density at radius 3 is 2.29 bits per heavy atom. The highest BCUT2D eigenvalue weighted by atomic mass is 19.4. The van der Waals surface area contributed by atoms with Crippen LogP contribution in [0.1, 0.15) is 56.4 Å². The molecule has 2 saturated carbocycles. The largest absolute Gasteiger partial charge is 0.411 e. The lowest BCUT2D eigenvalue weighted by molar-refractivity contribution is -0.191. The molecule has 7 heteroatoms. The summed E-state index contributed by atoms with van der Waals surface area (Å²) in [7, 11) is 0. The molecule has 1 aromatic carbocycles. The number of alkyl halides is 3. The summed E-state index contributed by atoms with van der Waals surface area (Å²) in [5.41, 5.74) is 0.439. The molecule has 1 saturated heterocycles. The summed E-state index contributed by atoms with van der Waals surface area (Å²) in [5.74, 6) is 0.746. The third kappa shape index (κ3) is 4.06. The maximum atomic E-state index is 13.1. The molecule has 28 heavy (non-hydrogen) atoms. The highest BCUT2D eigenvalue weighted by Gasteiger charge is 2.51. The fourth-order valence-electron chi connectivity index (χ4n) is 4.57. The minimum Gasteiger partial charge on any atom is -0.387 e. The van der Waals surface area contributed by atoms with Crippen LogP contribution in [0.4, 0.5) is 18.9 Å². The van der Waals surface area contributed by atoms with Crippen LogP contribution >= 0.6 is 0 Å². The van der Waals surface area contributed by atoms with Crippen molar-refractivity contribution in [1.82, 2.24) is 0 Å². The average Bonchev–Trinajstić information content (AvgIpc) is 3.44. The van der Waals surface area contributed by atoms with E-state index in [2.05, 4.69) is 16.9 Å². The van der Waals surface area contributed by atoms with Crippen molar-refractivity contribution in [3.05, 3.63) is 29.8 Å². The summed E-state index contributed by atoms with van der Waals surface area (Å²) in [5, 5.41) is 10.6. The zero-order chi connectivity index (χ0) is 20.0. The number of anilines is 1. The minimum atomic E-state index is -4.40. The number of amides is 1. The molecule has 0 atom stereocenters. The molecular formula is C21H26F3NO3. The SMILES string of the molecule is O=C1N(c2ccc(C3CC3)cc2)CC[C@]12CC[C@@](O)(COCC(F)(F)F)CC2. The van der Waals surface area contributed by atoms with Crippen LogP contribution < -0.4 is 4.90 Å². The lowest BCUT2D eigenvalue weighted by atomic mass is 9.68. The zero-order valence-corrected chi connectivity index (χ0v) is 15.8. The summed E-state index contributed by atoms with van der Waals surface area (Å²) in [6, 6.07) is 8.22. The summed E-state index contributed by atoms with van der Waals surface area (Å²) in [6.07, 6.45) is 0.319. The van der Waals surface area contributed by atoms with E-state index in [1.54, 1.807) is 0 Å². The highest BCUT2D eigenvalue weighted by Crippen LogP contribution is 2.49. The first-order valence-corrected chi connectivity index (χ1v) is 9.99. The third-order valence-electron chi connectivity index (χ3n) is 6.54. The van der Waals surface area contributed by atoms with Crippen molar-refractivity contribution in [2.75, 3.05) is 24.7 Å². The van der Waals surface area contributed by atoms with Gasteiger partial charge in [0.1, 0.15) is 6.61 Å². The van der Waals surface area contributed by atoms with Crippen molar-refractivity contribution in [3.8, 4) is 0 Å². The molecule has 4 rings (SSSR count). The van der Waals surface area contributed by atoms with Crippen molar-refractivity contribution < 1.29 is 27.8 Å². The Balaban J connectivity index is 1.35. The molecular weight excluding hydrogens is 371 g/mol. The maximum Gasteiger partial charge on any atom is 0.411 e. The van der Waals surface area contributed by atoms with Gasteiger partial charge < -0.3 is 14.7 Å². The average molecular weight is 397 g/mol. The molecule has 154 valence electrons. The molecule has 3 aliphatic rings. The quantitative estimate of drug-likeness (QED) is 0.811. The van der Waals surface area contributed by atoms with Crippen molar-refractivity contribution in [1.29, 1.82) is 0 Å². The lowest BCUT2D eigenvalue weighted by Crippen LogP contribution is -2.46. The van der Waals surface area contributed by atoms with Crippen molar-refractivity contribution in [3.63, 3.8) is 0 Å². The molecule has 1 N–H and O–H groups in total. The second-order valence-electron chi connectivity index (χ2n) is 8.69. The first-order chi connectivity index (χ1) is 13.2. The number of hydrogen-bond acceptors (Lipinski definition) is 3. The molecule has 1 aromatic rings. The number of rotatable bonds is 5. The van der Waals surface area contributed by atoms with E-state index >= 15 is 0 Å². The molecule has 0 bridgehead atoms. The van der Waals surface area contributed by atoms with Gasteiger partial charge in [0.05, 0.1) is 17.6 Å². The van der Waals surface area contributed by atoms with Gasteiger partial charge in [-0.05, 0) is 68.6 Å². The Bertz CT molecular complexity index is 719. The molecule has 0 aromatic heterocycles. The van der Waals surface area contributed by atoms with E-state index in [9.17, 15) is 23.1 Å². The van der Waals surface area contributed by atoms with Gasteiger partial charge in [0.15, 0.2) is 0 Å². The summed E-state index contributed by atoms with van der Waals surface area (Å²) in [4.78, 5) is 15.0. The van der Waals surface area contributed by atoms with Gasteiger partial charge in [-0.25, -0.2) is 0 Å². The summed E-state index contributed by atoms with van der Waals surface area (Å²) >= 11 is 0. The molecule has 1 spiro atoms. The highest BCUT2D eigenvalue weighted by molar-refractivity contribution is 6.00. The molecule has 2 aliphatic carbocycles. The fraction of sp³-hybridized carbons (Fsp3) is 0.667. The van der Waals surface area contributed by atoms with Crippen LogP contribution in [-0.2, 0) is 9.53 Å². The van der Waals surface area contributed by atoms with E-state index in [0.717, 1.165) is 12.1 Å². The van der Waals surface area contributed by atoms with E-state index < -0.39 is 23.8 Å². The number of aliphatic hydroxyl groups is 1. The van der Waals surface area contributed by atoms with Crippen LogP contribution in [0.3, 0.4) is 0 Å². The Hall–Kier alpha value is -1.60. The molecule has 3 fully saturated rings. The van der Waals surface area contributed by atoms with Gasteiger partial charge in [-0.1, -0.05) is 12.1 Å². The monoisotopic (exact) mass is 397 g/mol. The summed E-state index contributed by atoms with van der Waals surface area (Å²) < 4.78 is 41.4. The van der Waals surface area contributed by atoms with Crippen LogP contribution in [0.25, 0.3) is 0 Å². The molecule has 1 aliphatic heterocycles. The van der Waals surface area contributed by atoms with Crippen LogP contribution in [0.5, 0.6) is 0 Å². The van der Waals surface area contributed by atoms with Gasteiger partial charge in [-0.15, -0.1) is 0 Å². The van der Waals surface area contributed by atoms with Gasteiger partial charge in [0.25, 0.3) is 0 Å². The maximum absolute atomic E-state index is 13.1. The number of carbonyl (C=O) groups is 1. The van der Waals surface area contributed by atoms with Crippen molar-refractivity contribution in [2.45, 2.75) is 62.6 Å². The second kappa shape index (κ2) is 7.02. The van der Waals surface area contributed by atoms with Gasteiger partial charge in [-0.2, -0.15) is 13.2 Å². The smallest absolute Gasteiger partial charge is 0.387 e. The predicted octanol–water partition coefficient (Wildman–Crippen LogP) is 4.17. The van der Waals surface area contributed by atoms with Crippen LogP contribution in [0.15, 0.2) is 24.3 Å². The van der Waals surface area contributed by atoms with Crippen molar-refractivity contribution in [2.24, 2.45) is 5.41 Å². The summed E-state index contributed by atoms with van der Waals surface area (Å²) in [6.45, 7) is -1.06. The van der Waals surface area contributed by atoms with E-state index in [-0.39, 0.29) is 25.4 Å². The first kappa shape index (κ1) is 19.7. The van der Waals surface area contributed by atoms with Crippen LogP contribution in [0.2, 0.25) is 0 Å².